The van der Waals surface area contributed by atoms with Crippen LogP contribution >= 0.6 is 11.3 Å². The largest absolute Gasteiger partial charge is 0.490 e. The van der Waals surface area contributed by atoms with Gasteiger partial charge >= 0.3 is 5.76 Å². The molecule has 1 aliphatic heterocycles. The Morgan fingerprint density at radius 3 is 2.94 bits per heavy atom. The maximum Gasteiger partial charge on any atom is 0.419 e. The predicted octanol–water partition coefficient (Wildman–Crippen LogP) is 3.73. The Bertz CT molecular complexity index is 1510. The van der Waals surface area contributed by atoms with Crippen LogP contribution in [0.1, 0.15) is 4.88 Å². The molecule has 0 saturated carbocycles. The van der Waals surface area contributed by atoms with E-state index in [1.54, 1.807) is 30.7 Å². The summed E-state index contributed by atoms with van der Waals surface area (Å²) in [5.41, 5.74) is 3.30. The normalized spacial score (nSPS) is 16.8. The molecule has 1 unspecified atom stereocenters. The standard InChI is InChI=1S/C25H23N4O4S/c1-28-22-10-16(5-6-23(22)33-25(28)30)17-3-4-18-9-21(34-24(18)11-17)12-19(13-26)29(31)15-20-14-27-7-2-8-32-20/h2-6,8-11,19-20,27H,7,12,14-15H2,1H3/q+1/t19?,20-/m0/s1. The van der Waals surface area contributed by atoms with Crippen molar-refractivity contribution < 1.29 is 13.9 Å². The molecule has 172 valence electrons. The molecule has 2 atom stereocenters. The minimum atomic E-state index is -0.784. The van der Waals surface area contributed by atoms with Crippen molar-refractivity contribution in [3.63, 3.8) is 0 Å². The SMILES string of the molecule is Cn1c(=O)oc2ccc(-c3ccc4cc(CC(C#N)[N+](=O)C[C@@H]5CNCC=CO5)sc4c3)cc21. The van der Waals surface area contributed by atoms with Crippen LogP contribution in [0.25, 0.3) is 32.3 Å². The van der Waals surface area contributed by atoms with Gasteiger partial charge in [0.05, 0.1) is 18.2 Å². The number of oxazole rings is 1. The molecule has 0 bridgehead atoms. The molecule has 0 fully saturated rings. The molecular weight excluding hydrogens is 452 g/mol. The van der Waals surface area contributed by atoms with E-state index in [1.807, 2.05) is 36.4 Å². The number of benzene rings is 2. The third kappa shape index (κ3) is 4.38. The summed E-state index contributed by atoms with van der Waals surface area (Å²) in [5.74, 6) is -0.386. The molecule has 3 heterocycles. The summed E-state index contributed by atoms with van der Waals surface area (Å²) >= 11 is 1.58. The van der Waals surface area contributed by atoms with Crippen LogP contribution in [0.5, 0.6) is 0 Å². The lowest BCUT2D eigenvalue weighted by Gasteiger charge is -2.11. The Balaban J connectivity index is 1.35. The van der Waals surface area contributed by atoms with Crippen LogP contribution in [0.2, 0.25) is 0 Å². The van der Waals surface area contributed by atoms with Crippen LogP contribution in [-0.2, 0) is 18.2 Å². The van der Waals surface area contributed by atoms with Crippen molar-refractivity contribution in [2.45, 2.75) is 18.6 Å². The molecule has 2 aromatic heterocycles. The second-order valence-electron chi connectivity index (χ2n) is 8.31. The summed E-state index contributed by atoms with van der Waals surface area (Å²) in [4.78, 5) is 25.5. The van der Waals surface area contributed by atoms with E-state index in [4.69, 9.17) is 9.15 Å². The highest BCUT2D eigenvalue weighted by Gasteiger charge is 2.30. The van der Waals surface area contributed by atoms with Crippen LogP contribution in [0.4, 0.5) is 0 Å². The monoisotopic (exact) mass is 475 g/mol. The summed E-state index contributed by atoms with van der Waals surface area (Å²) in [5, 5.41) is 13.9. The summed E-state index contributed by atoms with van der Waals surface area (Å²) in [7, 11) is 1.69. The van der Waals surface area contributed by atoms with Gasteiger partial charge in [0.25, 0.3) is 6.04 Å². The molecule has 0 spiro atoms. The van der Waals surface area contributed by atoms with Gasteiger partial charge < -0.3 is 14.5 Å². The number of fused-ring (bicyclic) bond motifs is 2. The van der Waals surface area contributed by atoms with Crippen molar-refractivity contribution >= 4 is 32.5 Å². The van der Waals surface area contributed by atoms with Crippen LogP contribution in [0.3, 0.4) is 0 Å². The number of hydrogen-bond donors (Lipinski definition) is 1. The second-order valence-corrected chi connectivity index (χ2v) is 9.48. The van der Waals surface area contributed by atoms with E-state index in [1.165, 1.54) is 4.57 Å². The first kappa shape index (κ1) is 22.1. The van der Waals surface area contributed by atoms with Crippen molar-refractivity contribution in [1.82, 2.24) is 9.88 Å². The Morgan fingerprint density at radius 1 is 1.26 bits per heavy atom. The zero-order valence-electron chi connectivity index (χ0n) is 18.6. The number of nitriles is 1. The van der Waals surface area contributed by atoms with Crippen molar-refractivity contribution in [2.75, 3.05) is 19.6 Å². The van der Waals surface area contributed by atoms with E-state index in [0.29, 0.717) is 25.1 Å². The smallest absolute Gasteiger partial charge is 0.419 e. The number of aromatic nitrogens is 1. The first-order valence-electron chi connectivity index (χ1n) is 11.0. The molecule has 2 aromatic carbocycles. The Hall–Kier alpha value is -3.74. The molecular formula is C25H23N4O4S+. The van der Waals surface area contributed by atoms with Gasteiger partial charge in [-0.3, -0.25) is 4.57 Å². The first-order valence-corrected chi connectivity index (χ1v) is 11.8. The highest BCUT2D eigenvalue weighted by atomic mass is 32.1. The zero-order valence-corrected chi connectivity index (χ0v) is 19.4. The lowest BCUT2D eigenvalue weighted by molar-refractivity contribution is -0.579. The maximum atomic E-state index is 12.7. The first-order chi connectivity index (χ1) is 16.5. The van der Waals surface area contributed by atoms with E-state index in [2.05, 4.69) is 17.5 Å². The average molecular weight is 476 g/mol. The van der Waals surface area contributed by atoms with Crippen LogP contribution < -0.4 is 11.1 Å². The van der Waals surface area contributed by atoms with Crippen LogP contribution in [0.15, 0.2) is 64.0 Å². The molecule has 0 aliphatic carbocycles. The fraction of sp³-hybridized carbons (Fsp3) is 0.280. The van der Waals surface area contributed by atoms with E-state index in [9.17, 15) is 15.0 Å². The van der Waals surface area contributed by atoms with E-state index in [-0.39, 0.29) is 18.4 Å². The molecule has 9 heteroatoms. The molecule has 0 saturated heterocycles. The number of nitroso groups, excluding NO2 is 1. The number of rotatable bonds is 6. The minimum absolute atomic E-state index is 0.129. The molecule has 5 rings (SSSR count). The van der Waals surface area contributed by atoms with Crippen molar-refractivity contribution in [3.05, 3.63) is 75.1 Å². The molecule has 4 aromatic rings. The fourth-order valence-electron chi connectivity index (χ4n) is 4.10. The van der Waals surface area contributed by atoms with Crippen LogP contribution in [-0.4, -0.2) is 41.1 Å². The third-order valence-corrected chi connectivity index (χ3v) is 7.09. The summed E-state index contributed by atoms with van der Waals surface area (Å²) in [6.07, 6.45) is 3.53. The fourth-order valence-corrected chi connectivity index (χ4v) is 5.24. The number of hydrogen-bond acceptors (Lipinski definition) is 7. The van der Waals surface area contributed by atoms with Gasteiger partial charge in [-0.25, -0.2) is 4.79 Å². The number of thiophene rings is 1. The summed E-state index contributed by atoms with van der Waals surface area (Å²) in [6.45, 7) is 1.40. The summed E-state index contributed by atoms with van der Waals surface area (Å²) < 4.78 is 14.2. The highest BCUT2D eigenvalue weighted by molar-refractivity contribution is 7.19. The molecule has 1 N–H and O–H groups in total. The second kappa shape index (κ2) is 9.25. The van der Waals surface area contributed by atoms with Gasteiger partial charge in [0, 0.05) is 39.4 Å². The van der Waals surface area contributed by atoms with Crippen molar-refractivity contribution in [2.24, 2.45) is 7.05 Å². The lowest BCUT2D eigenvalue weighted by atomic mass is 10.0. The van der Waals surface area contributed by atoms with Gasteiger partial charge in [-0.1, -0.05) is 18.2 Å². The number of nitrogens with zero attached hydrogens (tertiary/aromatic N) is 3. The Labute approximate surface area is 199 Å². The minimum Gasteiger partial charge on any atom is -0.490 e. The quantitative estimate of drug-likeness (QED) is 0.427. The number of ether oxygens (including phenoxy) is 1. The maximum absolute atomic E-state index is 12.7. The molecule has 0 amide bonds. The topological polar surface area (TPSA) is 100 Å². The average Bonchev–Trinajstić information content (AvgIpc) is 3.25. The molecule has 0 radical (unpaired) electrons. The van der Waals surface area contributed by atoms with Crippen LogP contribution in [0, 0.1) is 16.2 Å². The van der Waals surface area contributed by atoms with Crippen molar-refractivity contribution in [1.29, 1.82) is 5.26 Å². The Morgan fingerprint density at radius 2 is 2.09 bits per heavy atom. The van der Waals surface area contributed by atoms with Gasteiger partial charge in [0.2, 0.25) is 6.54 Å². The van der Waals surface area contributed by atoms with Gasteiger partial charge in [0.1, 0.15) is 6.07 Å². The van der Waals surface area contributed by atoms with Gasteiger partial charge in [-0.05, 0) is 46.9 Å². The van der Waals surface area contributed by atoms with Gasteiger partial charge in [0.15, 0.2) is 11.7 Å². The van der Waals surface area contributed by atoms with E-state index < -0.39 is 6.04 Å². The third-order valence-electron chi connectivity index (χ3n) is 5.97. The van der Waals surface area contributed by atoms with Gasteiger partial charge in [-0.2, -0.15) is 5.26 Å². The summed E-state index contributed by atoms with van der Waals surface area (Å²) in [6, 6.07) is 15.2. The number of nitrogens with one attached hydrogen (secondary N) is 1. The van der Waals surface area contributed by atoms with Gasteiger partial charge in [-0.15, -0.1) is 11.3 Å². The predicted molar refractivity (Wildman–Crippen MR) is 131 cm³/mol. The molecule has 34 heavy (non-hydrogen) atoms. The Kier molecular flexibility index (Phi) is 6.01. The number of aryl methyl sites for hydroxylation is 1. The lowest BCUT2D eigenvalue weighted by Crippen LogP contribution is -2.37. The highest BCUT2D eigenvalue weighted by Crippen LogP contribution is 2.32. The molecule has 1 aliphatic rings. The zero-order chi connectivity index (χ0) is 23.7. The van der Waals surface area contributed by atoms with E-state index in [0.717, 1.165) is 36.4 Å². The molecule has 8 nitrogen and oxygen atoms in total. The van der Waals surface area contributed by atoms with E-state index >= 15 is 0 Å². The van der Waals surface area contributed by atoms with Crippen molar-refractivity contribution in [3.8, 4) is 17.2 Å².